The Balaban J connectivity index is 1.75. The van der Waals surface area contributed by atoms with Gasteiger partial charge in [-0.2, -0.15) is 0 Å². The quantitative estimate of drug-likeness (QED) is 0.893. The van der Waals surface area contributed by atoms with E-state index in [1.807, 2.05) is 42.5 Å². The molecule has 1 amide bonds. The number of hydrogen-bond acceptors (Lipinski definition) is 3. The van der Waals surface area contributed by atoms with E-state index < -0.39 is 0 Å². The summed E-state index contributed by atoms with van der Waals surface area (Å²) in [5.74, 6) is 0.802. The Morgan fingerprint density at radius 3 is 2.71 bits per heavy atom. The van der Waals surface area contributed by atoms with E-state index in [1.54, 1.807) is 7.11 Å². The lowest BCUT2D eigenvalue weighted by molar-refractivity contribution is -0.117. The summed E-state index contributed by atoms with van der Waals surface area (Å²) in [7, 11) is 1.64. The number of rotatable bonds is 4. The average Bonchev–Trinajstić information content (AvgIpc) is 2.82. The highest BCUT2D eigenvalue weighted by Crippen LogP contribution is 2.36. The van der Waals surface area contributed by atoms with Crippen molar-refractivity contribution in [2.45, 2.75) is 12.6 Å². The molecule has 0 fully saturated rings. The molecule has 0 saturated carbocycles. The number of amides is 1. The fraction of sp³-hybridized carbons (Fsp3) is 0.188. The molecule has 2 N–H and O–H groups in total. The van der Waals surface area contributed by atoms with E-state index in [2.05, 4.69) is 26.6 Å². The van der Waals surface area contributed by atoms with Crippen LogP contribution in [0.2, 0.25) is 0 Å². The fourth-order valence-corrected chi connectivity index (χ4v) is 3.03. The first-order chi connectivity index (χ1) is 10.2. The first-order valence-electron chi connectivity index (χ1n) is 6.64. The molecule has 1 aliphatic heterocycles. The Hall–Kier alpha value is -1.85. The minimum Gasteiger partial charge on any atom is -0.497 e. The van der Waals surface area contributed by atoms with Gasteiger partial charge in [0.1, 0.15) is 11.8 Å². The van der Waals surface area contributed by atoms with Gasteiger partial charge < -0.3 is 10.1 Å². The van der Waals surface area contributed by atoms with E-state index in [1.165, 1.54) is 0 Å². The summed E-state index contributed by atoms with van der Waals surface area (Å²) in [6.07, 6.45) is 0. The Morgan fingerprint density at radius 2 is 2.00 bits per heavy atom. The predicted molar refractivity (Wildman–Crippen MR) is 85.3 cm³/mol. The van der Waals surface area contributed by atoms with Gasteiger partial charge in [0.15, 0.2) is 0 Å². The lowest BCUT2D eigenvalue weighted by atomic mass is 10.1. The Bertz CT molecular complexity index is 670. The van der Waals surface area contributed by atoms with Gasteiger partial charge in [-0.1, -0.05) is 34.1 Å². The van der Waals surface area contributed by atoms with Crippen molar-refractivity contribution in [1.29, 1.82) is 0 Å². The van der Waals surface area contributed by atoms with Crippen LogP contribution in [0.15, 0.2) is 46.9 Å². The zero-order valence-corrected chi connectivity index (χ0v) is 13.1. The van der Waals surface area contributed by atoms with Crippen molar-refractivity contribution >= 4 is 27.5 Å². The second kappa shape index (κ2) is 5.87. The maximum atomic E-state index is 12.1. The number of fused-ring (bicyclic) bond motifs is 1. The van der Waals surface area contributed by atoms with Crippen LogP contribution >= 0.6 is 15.9 Å². The van der Waals surface area contributed by atoms with Crippen molar-refractivity contribution in [3.63, 3.8) is 0 Å². The maximum absolute atomic E-state index is 12.1. The highest BCUT2D eigenvalue weighted by molar-refractivity contribution is 9.10. The maximum Gasteiger partial charge on any atom is 0.246 e. The number of ether oxygens (including phenoxy) is 1. The van der Waals surface area contributed by atoms with Gasteiger partial charge in [-0.3, -0.25) is 10.1 Å². The monoisotopic (exact) mass is 346 g/mol. The minimum absolute atomic E-state index is 0.0228. The number of carbonyl (C=O) groups excluding carboxylic acids is 1. The smallest absolute Gasteiger partial charge is 0.246 e. The number of hydrogen-bond donors (Lipinski definition) is 2. The molecule has 21 heavy (non-hydrogen) atoms. The zero-order chi connectivity index (χ0) is 14.8. The normalized spacial score (nSPS) is 16.5. The molecule has 4 nitrogen and oxygen atoms in total. The molecule has 1 unspecified atom stereocenters. The SMILES string of the molecule is COc1ccc(CNC2C(=O)Nc3cccc(Br)c32)cc1. The van der Waals surface area contributed by atoms with Crippen molar-refractivity contribution in [3.05, 3.63) is 58.1 Å². The lowest BCUT2D eigenvalue weighted by Gasteiger charge is -2.13. The Kier molecular flexibility index (Phi) is 3.94. The number of benzene rings is 2. The van der Waals surface area contributed by atoms with Crippen LogP contribution in [0.25, 0.3) is 0 Å². The molecule has 1 aliphatic rings. The van der Waals surface area contributed by atoms with E-state index in [9.17, 15) is 4.79 Å². The summed E-state index contributed by atoms with van der Waals surface area (Å²) in [6, 6.07) is 13.2. The second-order valence-corrected chi connectivity index (χ2v) is 5.71. The molecule has 0 saturated heterocycles. The van der Waals surface area contributed by atoms with Crippen LogP contribution < -0.4 is 15.4 Å². The first-order valence-corrected chi connectivity index (χ1v) is 7.44. The first kappa shape index (κ1) is 14.1. The molecular formula is C16H15BrN2O2. The van der Waals surface area contributed by atoms with E-state index in [-0.39, 0.29) is 11.9 Å². The molecule has 1 atom stereocenters. The largest absolute Gasteiger partial charge is 0.497 e. The molecule has 0 aliphatic carbocycles. The van der Waals surface area contributed by atoms with Gasteiger partial charge in [0.25, 0.3) is 0 Å². The van der Waals surface area contributed by atoms with Crippen molar-refractivity contribution in [3.8, 4) is 5.75 Å². The van der Waals surface area contributed by atoms with E-state index in [0.29, 0.717) is 6.54 Å². The van der Waals surface area contributed by atoms with E-state index in [0.717, 1.165) is 27.0 Å². The molecule has 5 heteroatoms. The van der Waals surface area contributed by atoms with E-state index in [4.69, 9.17) is 4.74 Å². The van der Waals surface area contributed by atoms with Gasteiger partial charge in [0.2, 0.25) is 5.91 Å². The Labute approximate surface area is 131 Å². The fourth-order valence-electron chi connectivity index (χ4n) is 2.43. The number of carbonyl (C=O) groups is 1. The van der Waals surface area contributed by atoms with E-state index >= 15 is 0 Å². The van der Waals surface area contributed by atoms with Crippen LogP contribution in [0.1, 0.15) is 17.2 Å². The summed E-state index contributed by atoms with van der Waals surface area (Å²) >= 11 is 3.51. The molecule has 2 aromatic rings. The highest BCUT2D eigenvalue weighted by atomic mass is 79.9. The second-order valence-electron chi connectivity index (χ2n) is 4.85. The van der Waals surface area contributed by atoms with Crippen LogP contribution in [-0.2, 0) is 11.3 Å². The van der Waals surface area contributed by atoms with Crippen molar-refractivity contribution in [2.24, 2.45) is 0 Å². The minimum atomic E-state index is -0.335. The van der Waals surface area contributed by atoms with Crippen LogP contribution in [0.3, 0.4) is 0 Å². The number of halogens is 1. The molecule has 3 rings (SSSR count). The summed E-state index contributed by atoms with van der Waals surface area (Å²) < 4.78 is 6.07. The summed E-state index contributed by atoms with van der Waals surface area (Å²) in [4.78, 5) is 12.1. The lowest BCUT2D eigenvalue weighted by Crippen LogP contribution is -2.27. The van der Waals surface area contributed by atoms with Gasteiger partial charge in [0.05, 0.1) is 7.11 Å². The summed E-state index contributed by atoms with van der Waals surface area (Å²) in [5.41, 5.74) is 2.93. The zero-order valence-electron chi connectivity index (χ0n) is 11.5. The van der Waals surface area contributed by atoms with Crippen molar-refractivity contribution < 1.29 is 9.53 Å². The molecular weight excluding hydrogens is 332 g/mol. The molecule has 0 bridgehead atoms. The van der Waals surface area contributed by atoms with Crippen LogP contribution in [-0.4, -0.2) is 13.0 Å². The van der Waals surface area contributed by atoms with Crippen LogP contribution in [0.5, 0.6) is 5.75 Å². The van der Waals surface area contributed by atoms with Gasteiger partial charge in [0, 0.05) is 22.3 Å². The number of anilines is 1. The van der Waals surface area contributed by atoms with Crippen molar-refractivity contribution in [2.75, 3.05) is 12.4 Å². The molecule has 0 radical (unpaired) electrons. The average molecular weight is 347 g/mol. The third-order valence-electron chi connectivity index (χ3n) is 3.53. The topological polar surface area (TPSA) is 50.4 Å². The van der Waals surface area contributed by atoms with Crippen molar-refractivity contribution in [1.82, 2.24) is 5.32 Å². The number of nitrogens with one attached hydrogen (secondary N) is 2. The molecule has 1 heterocycles. The van der Waals surface area contributed by atoms with Gasteiger partial charge in [-0.05, 0) is 29.8 Å². The standard InChI is InChI=1S/C16H15BrN2O2/c1-21-11-7-5-10(6-8-11)9-18-15-14-12(17)3-2-4-13(14)19-16(15)20/h2-8,15,18H,9H2,1H3,(H,19,20). The molecule has 0 spiro atoms. The third kappa shape index (κ3) is 2.80. The van der Waals surface area contributed by atoms with Gasteiger partial charge >= 0.3 is 0 Å². The van der Waals surface area contributed by atoms with Gasteiger partial charge in [-0.15, -0.1) is 0 Å². The molecule has 2 aromatic carbocycles. The van der Waals surface area contributed by atoms with Crippen LogP contribution in [0.4, 0.5) is 5.69 Å². The summed E-state index contributed by atoms with van der Waals surface area (Å²) in [6.45, 7) is 0.614. The highest BCUT2D eigenvalue weighted by Gasteiger charge is 2.31. The Morgan fingerprint density at radius 1 is 1.24 bits per heavy atom. The third-order valence-corrected chi connectivity index (χ3v) is 4.22. The summed E-state index contributed by atoms with van der Waals surface area (Å²) in [5, 5.41) is 6.19. The molecule has 0 aromatic heterocycles. The molecule has 108 valence electrons. The van der Waals surface area contributed by atoms with Crippen LogP contribution in [0, 0.1) is 0 Å². The predicted octanol–water partition coefficient (Wildman–Crippen LogP) is 3.24. The number of methoxy groups -OCH3 is 1. The van der Waals surface area contributed by atoms with Gasteiger partial charge in [-0.25, -0.2) is 0 Å².